The number of carbonyl (C=O) groups excluding carboxylic acids is 1. The second-order valence-electron chi connectivity index (χ2n) is 10.4. The number of aromatic nitrogens is 1. The van der Waals surface area contributed by atoms with Gasteiger partial charge < -0.3 is 24.3 Å². The largest absolute Gasteiger partial charge is 0.475 e. The van der Waals surface area contributed by atoms with Crippen molar-refractivity contribution in [3.05, 3.63) is 58.3 Å². The van der Waals surface area contributed by atoms with Crippen LogP contribution >= 0.6 is 11.6 Å². The number of para-hydroxylation sites is 1. The molecule has 2 fully saturated rings. The summed E-state index contributed by atoms with van der Waals surface area (Å²) in [5.74, 6) is 0.348. The van der Waals surface area contributed by atoms with Gasteiger partial charge in [-0.25, -0.2) is 4.98 Å². The van der Waals surface area contributed by atoms with E-state index in [2.05, 4.69) is 47.4 Å². The molecule has 0 aliphatic carbocycles. The Kier molecular flexibility index (Phi) is 7.78. The number of carbonyl (C=O) groups is 1. The first-order valence-electron chi connectivity index (χ1n) is 13.4. The Hall–Kier alpha value is -3.28. The summed E-state index contributed by atoms with van der Waals surface area (Å²) in [6.45, 7) is 11.1. The van der Waals surface area contributed by atoms with Gasteiger partial charge in [0, 0.05) is 44.3 Å². The number of likely N-dealkylation sites (N-methyl/N-ethyl adjacent to an activating group) is 1. The van der Waals surface area contributed by atoms with Crippen LogP contribution in [-0.2, 0) is 17.8 Å². The zero-order valence-electron chi connectivity index (χ0n) is 22.2. The van der Waals surface area contributed by atoms with E-state index in [0.29, 0.717) is 56.8 Å². The summed E-state index contributed by atoms with van der Waals surface area (Å²) in [5.41, 5.74) is 5.57. The van der Waals surface area contributed by atoms with Gasteiger partial charge in [-0.05, 0) is 57.5 Å². The number of likely N-dealkylation sites (tertiary alicyclic amines) is 1. The number of piperazine rings is 1. The van der Waals surface area contributed by atoms with Crippen molar-refractivity contribution >= 4 is 28.9 Å². The highest BCUT2D eigenvalue weighted by atomic mass is 35.5. The molecular weight excluding hydrogens is 500 g/mol. The molecule has 3 aliphatic rings. The van der Waals surface area contributed by atoms with Gasteiger partial charge in [-0.3, -0.25) is 4.79 Å². The number of amides is 1. The predicted molar refractivity (Wildman–Crippen MR) is 150 cm³/mol. The third kappa shape index (κ3) is 5.05. The fourth-order valence-corrected chi connectivity index (χ4v) is 6.29. The molecule has 0 unspecified atom stereocenters. The normalized spacial score (nSPS) is 19.7. The minimum Gasteiger partial charge on any atom is -0.475 e. The van der Waals surface area contributed by atoms with Crippen LogP contribution in [0.5, 0.6) is 5.88 Å². The molecule has 2 aromatic rings. The fraction of sp³-hybridized carbons (Fsp3) is 0.483. The van der Waals surface area contributed by atoms with Crippen molar-refractivity contribution in [2.75, 3.05) is 62.7 Å². The Balaban J connectivity index is 1.51. The van der Waals surface area contributed by atoms with Crippen LogP contribution in [-0.4, -0.2) is 79.7 Å². The lowest BCUT2D eigenvalue weighted by molar-refractivity contribution is -0.126. The third-order valence-corrected chi connectivity index (χ3v) is 8.38. The number of ether oxygens (including phenoxy) is 1. The van der Waals surface area contributed by atoms with E-state index in [4.69, 9.17) is 21.3 Å². The van der Waals surface area contributed by atoms with E-state index < -0.39 is 0 Å². The average molecular weight is 535 g/mol. The number of benzene rings is 1. The number of nitrogens with zero attached hydrogens (tertiary/aromatic N) is 6. The molecule has 0 radical (unpaired) electrons. The van der Waals surface area contributed by atoms with E-state index in [9.17, 15) is 10.1 Å². The van der Waals surface area contributed by atoms with Crippen LogP contribution in [0, 0.1) is 18.3 Å². The number of aryl methyl sites for hydroxylation is 1. The molecule has 0 N–H and O–H groups in total. The Morgan fingerprint density at radius 1 is 1.21 bits per heavy atom. The second-order valence-corrected chi connectivity index (χ2v) is 10.8. The van der Waals surface area contributed by atoms with Gasteiger partial charge in [0.05, 0.1) is 28.6 Å². The number of nitriles is 1. The van der Waals surface area contributed by atoms with Crippen molar-refractivity contribution in [2.24, 2.45) is 0 Å². The van der Waals surface area contributed by atoms with Crippen LogP contribution in [0.4, 0.5) is 11.4 Å². The van der Waals surface area contributed by atoms with Gasteiger partial charge in [-0.15, -0.1) is 0 Å². The number of fused-ring (bicyclic) bond motifs is 1. The van der Waals surface area contributed by atoms with Gasteiger partial charge >= 0.3 is 0 Å². The molecule has 1 amide bonds. The van der Waals surface area contributed by atoms with Gasteiger partial charge in [0.1, 0.15) is 18.2 Å². The summed E-state index contributed by atoms with van der Waals surface area (Å²) in [6, 6.07) is 8.72. The molecule has 0 bridgehead atoms. The van der Waals surface area contributed by atoms with Crippen molar-refractivity contribution < 1.29 is 9.53 Å². The molecular formula is C29H35ClN6O2. The molecule has 8 nitrogen and oxygen atoms in total. The van der Waals surface area contributed by atoms with Gasteiger partial charge in [-0.1, -0.05) is 30.3 Å². The van der Waals surface area contributed by atoms with E-state index in [0.717, 1.165) is 65.6 Å². The van der Waals surface area contributed by atoms with Crippen LogP contribution in [0.3, 0.4) is 0 Å². The number of hydrogen-bond acceptors (Lipinski definition) is 7. The highest BCUT2D eigenvalue weighted by Crippen LogP contribution is 2.39. The van der Waals surface area contributed by atoms with Crippen LogP contribution in [0.1, 0.15) is 35.2 Å². The number of anilines is 2. The maximum atomic E-state index is 12.2. The van der Waals surface area contributed by atoms with Gasteiger partial charge in [0.25, 0.3) is 0 Å². The molecule has 1 aromatic carbocycles. The quantitative estimate of drug-likeness (QED) is 0.522. The topological polar surface area (TPSA) is 75.9 Å². The fourth-order valence-electron chi connectivity index (χ4n) is 5.95. The molecule has 1 atom stereocenters. The molecule has 0 spiro atoms. The lowest BCUT2D eigenvalue weighted by Gasteiger charge is -2.39. The van der Waals surface area contributed by atoms with Crippen molar-refractivity contribution in [3.8, 4) is 11.9 Å². The third-order valence-electron chi connectivity index (χ3n) is 8.08. The molecule has 1 aromatic heterocycles. The van der Waals surface area contributed by atoms with Crippen molar-refractivity contribution in [1.29, 1.82) is 5.26 Å². The van der Waals surface area contributed by atoms with E-state index in [1.54, 1.807) is 4.90 Å². The molecule has 2 saturated heterocycles. The molecule has 9 heteroatoms. The summed E-state index contributed by atoms with van der Waals surface area (Å²) in [5, 5.41) is 11.1. The first-order valence-corrected chi connectivity index (χ1v) is 13.7. The molecule has 38 heavy (non-hydrogen) atoms. The van der Waals surface area contributed by atoms with Crippen LogP contribution < -0.4 is 14.5 Å². The van der Waals surface area contributed by atoms with Gasteiger partial charge in [0.15, 0.2) is 0 Å². The number of halogens is 1. The smallest absolute Gasteiger partial charge is 0.246 e. The zero-order chi connectivity index (χ0) is 26.8. The maximum absolute atomic E-state index is 12.2. The van der Waals surface area contributed by atoms with Crippen molar-refractivity contribution in [1.82, 2.24) is 14.8 Å². The minimum atomic E-state index is -0.0580. The standard InChI is InChI=1S/C29H35ClN6O2/c1-4-26(37)34-13-15-35(16-14-34)28-22-10-12-36(27-20(2)7-5-9-24(27)30)18-25(22)32-29(23(28)17-31)38-19-21-8-6-11-33(21)3/h4-5,7,9,21H,1,6,8,10-16,18-19H2,2-3H3/t21-/m0/s1. The SMILES string of the molecule is C=CC(=O)N1CCN(c2c(C#N)c(OC[C@@H]3CCCN3C)nc3c2CCN(c2c(C)cccc2Cl)C3)CC1. The van der Waals surface area contributed by atoms with Gasteiger partial charge in [-0.2, -0.15) is 5.26 Å². The Labute approximate surface area is 230 Å². The van der Waals surface area contributed by atoms with Crippen LogP contribution in [0.2, 0.25) is 5.02 Å². The van der Waals surface area contributed by atoms with E-state index in [1.807, 2.05) is 12.1 Å². The predicted octanol–water partition coefficient (Wildman–Crippen LogP) is 3.79. The second kappa shape index (κ2) is 11.2. The highest BCUT2D eigenvalue weighted by molar-refractivity contribution is 6.33. The lowest BCUT2D eigenvalue weighted by Crippen LogP contribution is -2.49. The first kappa shape index (κ1) is 26.3. The minimum absolute atomic E-state index is 0.0580. The monoisotopic (exact) mass is 534 g/mol. The molecule has 5 rings (SSSR count). The first-order chi connectivity index (χ1) is 18.4. The van der Waals surface area contributed by atoms with Crippen LogP contribution in [0.15, 0.2) is 30.9 Å². The van der Waals surface area contributed by atoms with E-state index >= 15 is 0 Å². The summed E-state index contributed by atoms with van der Waals surface area (Å²) in [4.78, 5) is 25.8. The Bertz CT molecular complexity index is 1250. The summed E-state index contributed by atoms with van der Waals surface area (Å²) in [7, 11) is 2.12. The Morgan fingerprint density at radius 2 is 2.00 bits per heavy atom. The summed E-state index contributed by atoms with van der Waals surface area (Å²) < 4.78 is 6.32. The molecule has 3 aliphatic heterocycles. The Morgan fingerprint density at radius 3 is 2.66 bits per heavy atom. The van der Waals surface area contributed by atoms with Gasteiger partial charge in [0.2, 0.25) is 11.8 Å². The highest BCUT2D eigenvalue weighted by Gasteiger charge is 2.32. The van der Waals surface area contributed by atoms with E-state index in [1.165, 1.54) is 6.08 Å². The maximum Gasteiger partial charge on any atom is 0.246 e. The molecule has 0 saturated carbocycles. The molecule has 200 valence electrons. The number of hydrogen-bond donors (Lipinski definition) is 0. The molecule has 4 heterocycles. The summed E-state index contributed by atoms with van der Waals surface area (Å²) >= 11 is 6.63. The number of rotatable bonds is 6. The van der Waals surface area contributed by atoms with Crippen LogP contribution in [0.25, 0.3) is 0 Å². The van der Waals surface area contributed by atoms with E-state index in [-0.39, 0.29) is 5.91 Å². The summed E-state index contributed by atoms with van der Waals surface area (Å²) in [6.07, 6.45) is 4.34. The zero-order valence-corrected chi connectivity index (χ0v) is 23.0. The number of pyridine rings is 1. The van der Waals surface area contributed by atoms with Crippen molar-refractivity contribution in [3.63, 3.8) is 0 Å². The average Bonchev–Trinajstić information content (AvgIpc) is 3.34. The van der Waals surface area contributed by atoms with Crippen molar-refractivity contribution in [2.45, 2.75) is 38.8 Å². The lowest BCUT2D eigenvalue weighted by atomic mass is 9.97.